The molecular weight excluding hydrogens is 316 g/mol. The largest absolute Gasteiger partial charge is 0.481 e. The normalized spacial score (nSPS) is 38.5. The summed E-state index contributed by atoms with van der Waals surface area (Å²) >= 11 is 6.50. The summed E-state index contributed by atoms with van der Waals surface area (Å²) in [6.45, 7) is 0. The first-order valence-electron chi connectivity index (χ1n) is 9.32. The summed E-state index contributed by atoms with van der Waals surface area (Å²) in [7, 11) is 0. The van der Waals surface area contributed by atoms with Gasteiger partial charge in [-0.15, -0.1) is 0 Å². The molecule has 2 heteroatoms. The van der Waals surface area contributed by atoms with Gasteiger partial charge in [0.25, 0.3) is 0 Å². The van der Waals surface area contributed by atoms with Crippen LogP contribution in [-0.4, -0.2) is 5.60 Å². The molecule has 7 rings (SSSR count). The van der Waals surface area contributed by atoms with Crippen LogP contribution < -0.4 is 4.74 Å². The number of benzene rings is 2. The van der Waals surface area contributed by atoms with Gasteiger partial charge in [-0.2, -0.15) is 0 Å². The van der Waals surface area contributed by atoms with E-state index < -0.39 is 0 Å². The Hall–Kier alpha value is -1.47. The van der Waals surface area contributed by atoms with Crippen molar-refractivity contribution in [3.05, 3.63) is 47.0 Å². The van der Waals surface area contributed by atoms with E-state index in [0.29, 0.717) is 11.8 Å². The Labute approximate surface area is 147 Å². The van der Waals surface area contributed by atoms with Crippen LogP contribution in [0.3, 0.4) is 0 Å². The molecule has 0 N–H and O–H groups in total. The summed E-state index contributed by atoms with van der Waals surface area (Å²) in [6, 6.07) is 10.5. The van der Waals surface area contributed by atoms with Gasteiger partial charge in [-0.05, 0) is 56.1 Å². The van der Waals surface area contributed by atoms with Crippen molar-refractivity contribution in [2.75, 3.05) is 0 Å². The number of halogens is 1. The number of fused-ring (bicyclic) bond motifs is 3. The van der Waals surface area contributed by atoms with Crippen molar-refractivity contribution in [3.63, 3.8) is 0 Å². The monoisotopic (exact) mass is 336 g/mol. The molecule has 0 unspecified atom stereocenters. The molecule has 0 aromatic heterocycles. The minimum Gasteiger partial charge on any atom is -0.481 e. The predicted molar refractivity (Wildman–Crippen MR) is 98.4 cm³/mol. The van der Waals surface area contributed by atoms with Crippen LogP contribution in [-0.2, 0) is 0 Å². The van der Waals surface area contributed by atoms with Crippen molar-refractivity contribution < 1.29 is 4.74 Å². The van der Waals surface area contributed by atoms with Gasteiger partial charge in [-0.25, -0.2) is 0 Å². The molecule has 0 radical (unpaired) electrons. The van der Waals surface area contributed by atoms with Crippen molar-refractivity contribution in [1.29, 1.82) is 0 Å². The lowest BCUT2D eigenvalue weighted by Gasteiger charge is -2.60. The molecule has 1 aliphatic heterocycles. The molecule has 122 valence electrons. The highest BCUT2D eigenvalue weighted by Crippen LogP contribution is 2.61. The van der Waals surface area contributed by atoms with E-state index in [0.717, 1.165) is 38.9 Å². The summed E-state index contributed by atoms with van der Waals surface area (Å²) < 4.78 is 6.92. The number of hydrogen-bond donors (Lipinski definition) is 0. The molecule has 0 atom stereocenters. The molecule has 1 heterocycles. The summed E-state index contributed by atoms with van der Waals surface area (Å²) in [5, 5.41) is 3.09. The van der Waals surface area contributed by atoms with Gasteiger partial charge in [-0.1, -0.05) is 41.9 Å². The van der Waals surface area contributed by atoms with Crippen molar-refractivity contribution >= 4 is 28.4 Å². The highest BCUT2D eigenvalue weighted by Gasteiger charge is 2.58. The van der Waals surface area contributed by atoms with Crippen LogP contribution >= 0.6 is 11.6 Å². The third-order valence-electron chi connectivity index (χ3n) is 7.19. The van der Waals surface area contributed by atoms with Gasteiger partial charge in [0, 0.05) is 33.2 Å². The third-order valence-corrected chi connectivity index (χ3v) is 7.50. The van der Waals surface area contributed by atoms with E-state index in [1.54, 1.807) is 0 Å². The summed E-state index contributed by atoms with van der Waals surface area (Å²) in [5.74, 6) is 4.38. The molecule has 1 spiro atoms. The molecule has 0 saturated heterocycles. The quantitative estimate of drug-likeness (QED) is 0.565. The zero-order valence-corrected chi connectivity index (χ0v) is 14.4. The van der Waals surface area contributed by atoms with Gasteiger partial charge in [0.15, 0.2) is 0 Å². The van der Waals surface area contributed by atoms with E-state index in [2.05, 4.69) is 42.5 Å². The lowest BCUT2D eigenvalue weighted by molar-refractivity contribution is -0.127. The number of hydrogen-bond acceptors (Lipinski definition) is 1. The maximum Gasteiger partial charge on any atom is 0.135 e. The second-order valence-corrected chi connectivity index (χ2v) is 8.82. The van der Waals surface area contributed by atoms with Gasteiger partial charge in [0.2, 0.25) is 0 Å². The standard InChI is InChI=1S/C22H21ClO/c23-20-12-15-5-6-22(24-21(15)19-4-2-1-3-18(19)20)16-8-13-7-14(10-16)11-17(22)9-13/h1-6,12-14,16-17H,7-11H2. The van der Waals surface area contributed by atoms with Crippen molar-refractivity contribution in [2.45, 2.75) is 37.7 Å². The molecule has 4 fully saturated rings. The van der Waals surface area contributed by atoms with Crippen LogP contribution in [0.2, 0.25) is 5.02 Å². The molecule has 4 bridgehead atoms. The topological polar surface area (TPSA) is 9.23 Å². The van der Waals surface area contributed by atoms with E-state index in [1.807, 2.05) is 0 Å². The van der Waals surface area contributed by atoms with Crippen molar-refractivity contribution in [1.82, 2.24) is 0 Å². The van der Waals surface area contributed by atoms with Crippen LogP contribution in [0, 0.1) is 23.7 Å². The van der Waals surface area contributed by atoms with Gasteiger partial charge in [-0.3, -0.25) is 0 Å². The Kier molecular flexibility index (Phi) is 2.63. The second kappa shape index (κ2) is 4.58. The maximum absolute atomic E-state index is 6.92. The fourth-order valence-electron chi connectivity index (χ4n) is 6.35. The van der Waals surface area contributed by atoms with Crippen LogP contribution in [0.1, 0.15) is 37.7 Å². The summed E-state index contributed by atoms with van der Waals surface area (Å²) in [4.78, 5) is 0. The van der Waals surface area contributed by atoms with E-state index >= 15 is 0 Å². The summed E-state index contributed by atoms with van der Waals surface area (Å²) in [5.41, 5.74) is 1.08. The smallest absolute Gasteiger partial charge is 0.135 e. The third kappa shape index (κ3) is 1.67. The van der Waals surface area contributed by atoms with Crippen LogP contribution in [0.25, 0.3) is 16.8 Å². The van der Waals surface area contributed by atoms with Crippen LogP contribution in [0.4, 0.5) is 0 Å². The van der Waals surface area contributed by atoms with Crippen LogP contribution in [0.5, 0.6) is 5.75 Å². The number of ether oxygens (including phenoxy) is 1. The average molecular weight is 337 g/mol. The maximum atomic E-state index is 6.92. The Morgan fingerprint density at radius 1 is 0.917 bits per heavy atom. The van der Waals surface area contributed by atoms with E-state index in [-0.39, 0.29) is 5.60 Å². The molecule has 4 saturated carbocycles. The zero-order chi connectivity index (χ0) is 15.9. The van der Waals surface area contributed by atoms with E-state index in [9.17, 15) is 0 Å². The summed E-state index contributed by atoms with van der Waals surface area (Å²) in [6.07, 6.45) is 11.6. The van der Waals surface area contributed by atoms with E-state index in [1.165, 1.54) is 32.1 Å². The van der Waals surface area contributed by atoms with Gasteiger partial charge in [0.05, 0.1) is 0 Å². The zero-order valence-electron chi connectivity index (χ0n) is 13.7. The molecule has 0 amide bonds. The fraction of sp³-hybridized carbons (Fsp3) is 0.455. The van der Waals surface area contributed by atoms with Crippen molar-refractivity contribution in [2.24, 2.45) is 23.7 Å². The highest BCUT2D eigenvalue weighted by molar-refractivity contribution is 6.36. The second-order valence-electron chi connectivity index (χ2n) is 8.42. The van der Waals surface area contributed by atoms with Crippen molar-refractivity contribution in [3.8, 4) is 5.75 Å². The molecule has 1 nitrogen and oxygen atoms in total. The molecule has 4 aliphatic carbocycles. The van der Waals surface area contributed by atoms with Gasteiger partial charge in [0.1, 0.15) is 11.4 Å². The van der Waals surface area contributed by atoms with Gasteiger partial charge >= 0.3 is 0 Å². The Morgan fingerprint density at radius 3 is 2.29 bits per heavy atom. The SMILES string of the molecule is Clc1cc2c(c3ccccc13)OC1(C=C2)C2CC3CC(C2)CC1C3. The first kappa shape index (κ1) is 13.8. The minimum absolute atomic E-state index is 0.0585. The highest BCUT2D eigenvalue weighted by atomic mass is 35.5. The fourth-order valence-corrected chi connectivity index (χ4v) is 6.64. The molecule has 2 aromatic carbocycles. The predicted octanol–water partition coefficient (Wildman–Crippen LogP) is 6.09. The Balaban J connectivity index is 1.53. The molecular formula is C22H21ClO. The molecule has 5 aliphatic rings. The molecule has 2 aromatic rings. The Morgan fingerprint density at radius 2 is 1.58 bits per heavy atom. The lowest BCUT2D eigenvalue weighted by Crippen LogP contribution is -2.60. The Bertz CT molecular complexity index is 853. The molecule has 24 heavy (non-hydrogen) atoms. The van der Waals surface area contributed by atoms with Gasteiger partial charge < -0.3 is 4.74 Å². The first-order chi connectivity index (χ1) is 11.7. The van der Waals surface area contributed by atoms with E-state index in [4.69, 9.17) is 16.3 Å². The van der Waals surface area contributed by atoms with Crippen LogP contribution in [0.15, 0.2) is 36.4 Å². The number of rotatable bonds is 0. The first-order valence-corrected chi connectivity index (χ1v) is 9.70. The average Bonchev–Trinajstić information content (AvgIpc) is 2.60. The lowest BCUT2D eigenvalue weighted by atomic mass is 9.49. The minimum atomic E-state index is -0.0585.